The lowest BCUT2D eigenvalue weighted by Crippen LogP contribution is -2.66. The quantitative estimate of drug-likeness (QED) is 0.440. The van der Waals surface area contributed by atoms with Crippen molar-refractivity contribution in [2.45, 2.75) is 19.0 Å². The molecule has 0 bridgehead atoms. The second-order valence-corrected chi connectivity index (χ2v) is 4.63. The summed E-state index contributed by atoms with van der Waals surface area (Å²) in [5.41, 5.74) is 2.23. The summed E-state index contributed by atoms with van der Waals surface area (Å²) in [7, 11) is 0. The Bertz CT molecular complexity index is 470. The maximum absolute atomic E-state index is 12.8. The van der Waals surface area contributed by atoms with E-state index in [0.717, 1.165) is 6.34 Å². The smallest absolute Gasteiger partial charge is 0.340 e. The van der Waals surface area contributed by atoms with Gasteiger partial charge in [-0.25, -0.2) is 20.3 Å². The minimum absolute atomic E-state index is 0.0855. The van der Waals surface area contributed by atoms with Crippen LogP contribution in [0.5, 0.6) is 0 Å². The van der Waals surface area contributed by atoms with Gasteiger partial charge in [0.1, 0.15) is 0 Å². The van der Waals surface area contributed by atoms with Crippen molar-refractivity contribution >= 4 is 18.1 Å². The lowest BCUT2D eigenvalue weighted by molar-refractivity contribution is -0.131. The maximum atomic E-state index is 12.8. The summed E-state index contributed by atoms with van der Waals surface area (Å²) in [5.74, 6) is 2.41. The summed E-state index contributed by atoms with van der Waals surface area (Å²) in [6.45, 7) is 2.79. The first-order chi connectivity index (χ1) is 9.78. The number of nitrogens with zero attached hydrogens (tertiary/aromatic N) is 4. The van der Waals surface area contributed by atoms with Crippen molar-refractivity contribution in [3.8, 4) is 0 Å². The third-order valence-corrected chi connectivity index (χ3v) is 3.34. The Morgan fingerprint density at radius 2 is 2.05 bits per heavy atom. The second-order valence-electron chi connectivity index (χ2n) is 4.63. The van der Waals surface area contributed by atoms with Gasteiger partial charge in [-0.1, -0.05) is 0 Å². The fourth-order valence-corrected chi connectivity index (χ4v) is 2.19. The number of carbonyl (C=O) groups excluding carboxylic acids is 1. The van der Waals surface area contributed by atoms with Crippen molar-refractivity contribution in [1.29, 1.82) is 0 Å². The van der Waals surface area contributed by atoms with Crippen LogP contribution in [0.15, 0.2) is 9.98 Å². The minimum atomic E-state index is -4.63. The van der Waals surface area contributed by atoms with Crippen molar-refractivity contribution < 1.29 is 18.0 Å². The molecule has 2 aliphatic heterocycles. The van der Waals surface area contributed by atoms with Gasteiger partial charge in [0.2, 0.25) is 11.7 Å². The van der Waals surface area contributed by atoms with Crippen molar-refractivity contribution in [2.24, 2.45) is 15.8 Å². The molecule has 1 saturated heterocycles. The van der Waals surface area contributed by atoms with Crippen LogP contribution in [0.2, 0.25) is 0 Å². The van der Waals surface area contributed by atoms with Crippen LogP contribution in [0, 0.1) is 0 Å². The van der Waals surface area contributed by atoms with Crippen molar-refractivity contribution in [3.05, 3.63) is 0 Å². The van der Waals surface area contributed by atoms with E-state index in [1.54, 1.807) is 9.80 Å². The van der Waals surface area contributed by atoms with Gasteiger partial charge >= 0.3 is 6.18 Å². The highest BCUT2D eigenvalue weighted by Gasteiger charge is 2.45. The van der Waals surface area contributed by atoms with Crippen LogP contribution >= 0.6 is 0 Å². The fourth-order valence-electron chi connectivity index (χ4n) is 2.19. The molecule has 0 aromatic heterocycles. The van der Waals surface area contributed by atoms with Crippen LogP contribution in [0.3, 0.4) is 0 Å². The number of amides is 1. The molecule has 0 radical (unpaired) electrons. The van der Waals surface area contributed by atoms with Gasteiger partial charge in [-0.05, 0) is 0 Å². The Morgan fingerprint density at radius 1 is 1.43 bits per heavy atom. The summed E-state index contributed by atoms with van der Waals surface area (Å²) in [5, 5.41) is 1.96. The number of nitrogens with two attached hydrogens (primary N) is 1. The number of carbonyl (C=O) groups is 1. The van der Waals surface area contributed by atoms with Gasteiger partial charge in [-0.15, -0.1) is 0 Å². The zero-order chi connectivity index (χ0) is 15.7. The van der Waals surface area contributed by atoms with Crippen LogP contribution in [0.25, 0.3) is 0 Å². The molecule has 2 heterocycles. The Hall–Kier alpha value is -1.72. The predicted octanol–water partition coefficient (Wildman–Crippen LogP) is -1.18. The molecule has 0 saturated carbocycles. The van der Waals surface area contributed by atoms with Crippen LogP contribution < -0.4 is 16.6 Å². The lowest BCUT2D eigenvalue weighted by atomic mass is 10.3. The Kier molecular flexibility index (Phi) is 4.16. The Balaban J connectivity index is 2.19. The third-order valence-electron chi connectivity index (χ3n) is 3.34. The van der Waals surface area contributed by atoms with E-state index in [1.165, 1.54) is 6.92 Å². The van der Waals surface area contributed by atoms with Gasteiger partial charge in [0.25, 0.3) is 5.91 Å². The summed E-state index contributed by atoms with van der Waals surface area (Å²) in [6.07, 6.45) is -3.72. The van der Waals surface area contributed by atoms with Crippen LogP contribution in [-0.2, 0) is 4.79 Å². The highest BCUT2D eigenvalue weighted by Crippen LogP contribution is 2.24. The molecule has 0 aliphatic carbocycles. The predicted molar refractivity (Wildman–Crippen MR) is 69.0 cm³/mol. The number of halogens is 3. The normalized spacial score (nSPS) is 27.3. The van der Waals surface area contributed by atoms with Crippen molar-refractivity contribution in [1.82, 2.24) is 20.5 Å². The van der Waals surface area contributed by atoms with Gasteiger partial charge in [0.15, 0.2) is 0 Å². The van der Waals surface area contributed by atoms with Crippen LogP contribution in [0.4, 0.5) is 13.2 Å². The third kappa shape index (κ3) is 3.14. The number of piperazine rings is 1. The van der Waals surface area contributed by atoms with Crippen LogP contribution in [-0.4, -0.2) is 66.1 Å². The van der Waals surface area contributed by atoms with E-state index in [1.807, 2.05) is 5.32 Å². The molecule has 1 unspecified atom stereocenters. The molecule has 1 atom stereocenters. The Labute approximate surface area is 118 Å². The SMILES string of the molecule is CC(=O)N1CCN(C2(NN)N=CNC(C(F)(F)F)=N2)CC1. The van der Waals surface area contributed by atoms with E-state index < -0.39 is 17.9 Å². The standard InChI is InChI=1S/C10H16F3N7O/c1-7(21)19-2-4-20(5-3-19)10(18-14)16-6-15-8(17-10)9(11,12)13/h6,18H,2-5,14H2,1H3,(H,15,16,17). The average Bonchev–Trinajstić information content (AvgIpc) is 2.46. The van der Waals surface area contributed by atoms with E-state index in [4.69, 9.17) is 5.84 Å². The first-order valence-electron chi connectivity index (χ1n) is 6.24. The van der Waals surface area contributed by atoms with Crippen molar-refractivity contribution in [2.75, 3.05) is 26.2 Å². The number of rotatable bonds is 2. The van der Waals surface area contributed by atoms with Gasteiger partial charge in [-0.3, -0.25) is 10.6 Å². The summed E-state index contributed by atoms with van der Waals surface area (Å²) in [6, 6.07) is 0. The minimum Gasteiger partial charge on any atom is -0.340 e. The number of nitrogens with one attached hydrogen (secondary N) is 2. The number of aliphatic imine (C=N–C) groups is 2. The second kappa shape index (κ2) is 5.58. The van der Waals surface area contributed by atoms with Gasteiger partial charge in [0, 0.05) is 33.1 Å². The number of hydrogen-bond acceptors (Lipinski definition) is 7. The highest BCUT2D eigenvalue weighted by atomic mass is 19.4. The van der Waals surface area contributed by atoms with Crippen molar-refractivity contribution in [3.63, 3.8) is 0 Å². The first-order valence-corrected chi connectivity index (χ1v) is 6.24. The topological polar surface area (TPSA) is 98.4 Å². The van der Waals surface area contributed by atoms with E-state index in [-0.39, 0.29) is 5.91 Å². The zero-order valence-electron chi connectivity index (χ0n) is 11.3. The summed E-state index contributed by atoms with van der Waals surface area (Å²) < 4.78 is 38.3. The summed E-state index contributed by atoms with van der Waals surface area (Å²) in [4.78, 5) is 21.9. The molecule has 1 fully saturated rings. The lowest BCUT2D eigenvalue weighted by Gasteiger charge is -2.43. The molecule has 11 heteroatoms. The maximum Gasteiger partial charge on any atom is 0.449 e. The molecule has 2 aliphatic rings. The van der Waals surface area contributed by atoms with E-state index in [0.29, 0.717) is 26.2 Å². The molecule has 0 spiro atoms. The largest absolute Gasteiger partial charge is 0.449 e. The van der Waals surface area contributed by atoms with E-state index in [9.17, 15) is 18.0 Å². The molecule has 8 nitrogen and oxygen atoms in total. The highest BCUT2D eigenvalue weighted by molar-refractivity contribution is 5.97. The molecule has 4 N–H and O–H groups in total. The number of alkyl halides is 3. The van der Waals surface area contributed by atoms with Crippen LogP contribution in [0.1, 0.15) is 6.92 Å². The first kappa shape index (κ1) is 15.7. The van der Waals surface area contributed by atoms with E-state index in [2.05, 4.69) is 15.4 Å². The monoisotopic (exact) mass is 307 g/mol. The number of amidine groups is 1. The van der Waals surface area contributed by atoms with Gasteiger partial charge < -0.3 is 10.2 Å². The van der Waals surface area contributed by atoms with Gasteiger partial charge in [0.05, 0.1) is 6.34 Å². The fraction of sp³-hybridized carbons (Fsp3) is 0.700. The molecule has 0 aromatic carbocycles. The van der Waals surface area contributed by atoms with E-state index >= 15 is 0 Å². The Morgan fingerprint density at radius 3 is 2.52 bits per heavy atom. The molecular formula is C10H16F3N7O. The molecule has 0 aromatic rings. The number of hydrazine groups is 1. The molecule has 118 valence electrons. The van der Waals surface area contributed by atoms with Gasteiger partial charge in [-0.2, -0.15) is 13.2 Å². The molecule has 21 heavy (non-hydrogen) atoms. The average molecular weight is 307 g/mol. The summed E-state index contributed by atoms with van der Waals surface area (Å²) >= 11 is 0. The zero-order valence-corrected chi connectivity index (χ0v) is 11.3. The number of hydrogen-bond donors (Lipinski definition) is 3. The molecular weight excluding hydrogens is 291 g/mol. The molecule has 2 rings (SSSR count). The molecule has 1 amide bonds.